The van der Waals surface area contributed by atoms with Crippen molar-refractivity contribution in [3.8, 4) is 0 Å². The average Bonchev–Trinajstić information content (AvgIpc) is 2.60. The molecule has 1 atom stereocenters. The fourth-order valence-electron chi connectivity index (χ4n) is 1.54. The monoisotopic (exact) mass is 228 g/mol. The van der Waals surface area contributed by atoms with Gasteiger partial charge in [-0.3, -0.25) is 4.99 Å². The number of hydrogen-bond acceptors (Lipinski definition) is 3. The Morgan fingerprint density at radius 2 is 2.13 bits per heavy atom. The van der Waals surface area contributed by atoms with Crippen molar-refractivity contribution in [3.63, 3.8) is 0 Å². The van der Waals surface area contributed by atoms with Crippen molar-refractivity contribution in [2.24, 2.45) is 16.8 Å². The third-order valence-corrected chi connectivity index (χ3v) is 4.15. The van der Waals surface area contributed by atoms with Crippen molar-refractivity contribution in [1.29, 1.82) is 0 Å². The van der Waals surface area contributed by atoms with E-state index in [0.29, 0.717) is 5.25 Å². The predicted molar refractivity (Wildman–Crippen MR) is 70.6 cm³/mol. The fraction of sp³-hybridized carbons (Fsp3) is 0.917. The minimum Gasteiger partial charge on any atom is -0.365 e. The number of amidine groups is 1. The van der Waals surface area contributed by atoms with Crippen molar-refractivity contribution in [2.45, 2.75) is 45.8 Å². The molecule has 0 spiro atoms. The lowest BCUT2D eigenvalue weighted by molar-refractivity contribution is 0.552. The van der Waals surface area contributed by atoms with Gasteiger partial charge in [0.05, 0.1) is 6.54 Å². The van der Waals surface area contributed by atoms with Crippen LogP contribution in [0.5, 0.6) is 0 Å². The van der Waals surface area contributed by atoms with Gasteiger partial charge in [-0.05, 0) is 24.7 Å². The molecule has 1 N–H and O–H groups in total. The molecular weight excluding hydrogens is 204 g/mol. The van der Waals surface area contributed by atoms with E-state index in [1.807, 2.05) is 11.8 Å². The molecule has 0 amide bonds. The molecule has 1 rings (SSSR count). The highest BCUT2D eigenvalue weighted by Crippen LogP contribution is 2.25. The minimum atomic E-state index is 0.692. The molecule has 0 bridgehead atoms. The van der Waals surface area contributed by atoms with Crippen LogP contribution >= 0.6 is 11.8 Å². The first kappa shape index (κ1) is 12.9. The van der Waals surface area contributed by atoms with E-state index < -0.39 is 0 Å². The maximum atomic E-state index is 4.52. The topological polar surface area (TPSA) is 24.4 Å². The van der Waals surface area contributed by atoms with Crippen LogP contribution in [0.1, 0.15) is 40.5 Å². The molecule has 0 radical (unpaired) electrons. The van der Waals surface area contributed by atoms with E-state index in [0.717, 1.165) is 30.1 Å². The van der Waals surface area contributed by atoms with Crippen LogP contribution in [0.2, 0.25) is 0 Å². The Labute approximate surface area is 98.3 Å². The van der Waals surface area contributed by atoms with Crippen LogP contribution in [0.3, 0.4) is 0 Å². The zero-order valence-electron chi connectivity index (χ0n) is 10.4. The van der Waals surface area contributed by atoms with Crippen molar-refractivity contribution in [2.75, 3.05) is 13.1 Å². The van der Waals surface area contributed by atoms with Gasteiger partial charge >= 0.3 is 0 Å². The summed E-state index contributed by atoms with van der Waals surface area (Å²) < 4.78 is 0. The van der Waals surface area contributed by atoms with Gasteiger partial charge in [-0.1, -0.05) is 39.5 Å². The summed E-state index contributed by atoms with van der Waals surface area (Å²) >= 11 is 1.92. The smallest absolute Gasteiger partial charge is 0.156 e. The molecule has 0 fully saturated rings. The van der Waals surface area contributed by atoms with Gasteiger partial charge in [0.1, 0.15) is 0 Å². The summed E-state index contributed by atoms with van der Waals surface area (Å²) in [5.41, 5.74) is 0. The van der Waals surface area contributed by atoms with Crippen molar-refractivity contribution >= 4 is 16.9 Å². The second-order valence-corrected chi connectivity index (χ2v) is 6.24. The van der Waals surface area contributed by atoms with Gasteiger partial charge in [0.15, 0.2) is 5.17 Å². The van der Waals surface area contributed by atoms with Crippen LogP contribution in [0, 0.1) is 11.8 Å². The number of nitrogens with one attached hydrogen (secondary N) is 1. The zero-order valence-corrected chi connectivity index (χ0v) is 11.2. The van der Waals surface area contributed by atoms with Crippen molar-refractivity contribution in [1.82, 2.24) is 5.32 Å². The van der Waals surface area contributed by atoms with Gasteiger partial charge in [-0.2, -0.15) is 0 Å². The Morgan fingerprint density at radius 3 is 2.67 bits per heavy atom. The molecule has 0 saturated heterocycles. The van der Waals surface area contributed by atoms with Gasteiger partial charge in [0, 0.05) is 11.8 Å². The molecule has 88 valence electrons. The Bertz CT molecular complexity index is 212. The second kappa shape index (κ2) is 6.41. The molecule has 0 aromatic rings. The molecule has 1 aliphatic rings. The molecular formula is C12H24N2S. The van der Waals surface area contributed by atoms with Crippen LogP contribution in [0.4, 0.5) is 0 Å². The van der Waals surface area contributed by atoms with Crippen LogP contribution in [-0.2, 0) is 0 Å². The maximum absolute atomic E-state index is 4.52. The molecule has 15 heavy (non-hydrogen) atoms. The van der Waals surface area contributed by atoms with Gasteiger partial charge in [0.2, 0.25) is 0 Å². The Morgan fingerprint density at radius 1 is 1.40 bits per heavy atom. The summed E-state index contributed by atoms with van der Waals surface area (Å²) in [5, 5.41) is 5.29. The average molecular weight is 228 g/mol. The molecule has 1 aliphatic heterocycles. The lowest BCUT2D eigenvalue weighted by Gasteiger charge is -2.12. The van der Waals surface area contributed by atoms with Gasteiger partial charge in [-0.15, -0.1) is 0 Å². The van der Waals surface area contributed by atoms with Gasteiger partial charge in [0.25, 0.3) is 0 Å². The highest BCUT2D eigenvalue weighted by molar-refractivity contribution is 8.14. The maximum Gasteiger partial charge on any atom is 0.156 e. The molecule has 0 aliphatic carbocycles. The first-order valence-corrected chi connectivity index (χ1v) is 6.92. The number of aliphatic imine (C=N–C) groups is 1. The first-order chi connectivity index (χ1) is 7.09. The Balaban J connectivity index is 2.09. The molecule has 0 aromatic heterocycles. The third kappa shape index (κ3) is 4.92. The highest BCUT2D eigenvalue weighted by atomic mass is 32.2. The molecule has 1 heterocycles. The van der Waals surface area contributed by atoms with E-state index in [1.165, 1.54) is 12.8 Å². The molecule has 0 saturated carbocycles. The lowest BCUT2D eigenvalue weighted by atomic mass is 10.1. The third-order valence-electron chi connectivity index (χ3n) is 2.66. The van der Waals surface area contributed by atoms with Crippen LogP contribution < -0.4 is 5.32 Å². The molecule has 2 nitrogen and oxygen atoms in total. The van der Waals surface area contributed by atoms with E-state index in [1.54, 1.807) is 0 Å². The van der Waals surface area contributed by atoms with Crippen molar-refractivity contribution < 1.29 is 0 Å². The fourth-order valence-corrected chi connectivity index (χ4v) is 2.58. The normalized spacial score (nSPS) is 21.2. The van der Waals surface area contributed by atoms with Crippen LogP contribution in [0.15, 0.2) is 4.99 Å². The largest absolute Gasteiger partial charge is 0.365 e. The second-order valence-electron chi connectivity index (χ2n) is 5.01. The molecule has 3 heteroatoms. The van der Waals surface area contributed by atoms with E-state index >= 15 is 0 Å². The van der Waals surface area contributed by atoms with Crippen molar-refractivity contribution in [3.05, 3.63) is 0 Å². The first-order valence-electron chi connectivity index (χ1n) is 6.04. The summed E-state index contributed by atoms with van der Waals surface area (Å²) in [6, 6.07) is 0. The van der Waals surface area contributed by atoms with E-state index in [9.17, 15) is 0 Å². The number of hydrogen-bond donors (Lipinski definition) is 1. The summed E-state index contributed by atoms with van der Waals surface area (Å²) in [4.78, 5) is 4.52. The summed E-state index contributed by atoms with van der Waals surface area (Å²) in [5.74, 6) is 1.54. The van der Waals surface area contributed by atoms with Gasteiger partial charge < -0.3 is 5.32 Å². The molecule has 1 unspecified atom stereocenters. The van der Waals surface area contributed by atoms with Crippen LogP contribution in [-0.4, -0.2) is 23.5 Å². The highest BCUT2D eigenvalue weighted by Gasteiger charge is 2.21. The standard InChI is InChI=1S/C12H24N2S/c1-9(2)6-5-7-13-12-14-8-11(15-12)10(3)4/h9-11H,5-8H2,1-4H3,(H,13,14). The van der Waals surface area contributed by atoms with E-state index in [-0.39, 0.29) is 0 Å². The lowest BCUT2D eigenvalue weighted by Crippen LogP contribution is -2.21. The SMILES string of the molecule is CC(C)CCCNC1=NCC(C(C)C)S1. The Hall–Kier alpha value is -0.180. The predicted octanol–water partition coefficient (Wildman–Crippen LogP) is 3.14. The van der Waals surface area contributed by atoms with Crippen LogP contribution in [0.25, 0.3) is 0 Å². The number of thioether (sulfide) groups is 1. The van der Waals surface area contributed by atoms with Gasteiger partial charge in [-0.25, -0.2) is 0 Å². The number of nitrogens with zero attached hydrogens (tertiary/aromatic N) is 1. The summed E-state index contributed by atoms with van der Waals surface area (Å²) in [7, 11) is 0. The number of rotatable bonds is 5. The zero-order chi connectivity index (χ0) is 11.3. The van der Waals surface area contributed by atoms with E-state index in [4.69, 9.17) is 0 Å². The molecule has 0 aromatic carbocycles. The Kier molecular flexibility index (Phi) is 5.51. The quantitative estimate of drug-likeness (QED) is 0.731. The summed E-state index contributed by atoms with van der Waals surface area (Å²) in [6.07, 6.45) is 2.56. The van der Waals surface area contributed by atoms with E-state index in [2.05, 4.69) is 38.0 Å². The minimum absolute atomic E-state index is 0.692. The summed E-state index contributed by atoms with van der Waals surface area (Å²) in [6.45, 7) is 11.2.